The Balaban J connectivity index is 2.21. The number of amides is 1. The lowest BCUT2D eigenvalue weighted by atomic mass is 10.0. The number of hydrogen-bond acceptors (Lipinski definition) is 3. The zero-order valence-corrected chi connectivity index (χ0v) is 10.7. The van der Waals surface area contributed by atoms with E-state index in [1.54, 1.807) is 0 Å². The molecule has 0 saturated carbocycles. The van der Waals surface area contributed by atoms with Crippen LogP contribution in [0.5, 0.6) is 5.75 Å². The molecule has 4 nitrogen and oxygen atoms in total. The van der Waals surface area contributed by atoms with Gasteiger partial charge in [-0.3, -0.25) is 9.59 Å². The molecule has 0 aromatic heterocycles. The van der Waals surface area contributed by atoms with E-state index >= 15 is 0 Å². The van der Waals surface area contributed by atoms with Crippen LogP contribution in [0.1, 0.15) is 36.5 Å². The highest BCUT2D eigenvalue weighted by Gasteiger charge is 2.28. The molecule has 1 aliphatic heterocycles. The van der Waals surface area contributed by atoms with Crippen LogP contribution < -0.4 is 10.1 Å². The molecule has 2 rings (SSSR count). The van der Waals surface area contributed by atoms with Crippen molar-refractivity contribution in [1.29, 1.82) is 0 Å². The zero-order valence-electron chi connectivity index (χ0n) is 10.7. The SMILES string of the molecule is CCCC(=O)NC1CCOc2c(F)cccc2C1=O. The number of rotatable bonds is 3. The van der Waals surface area contributed by atoms with Crippen molar-refractivity contribution in [2.45, 2.75) is 32.2 Å². The fraction of sp³-hybridized carbons (Fsp3) is 0.429. The Morgan fingerprint density at radius 3 is 3.05 bits per heavy atom. The van der Waals surface area contributed by atoms with Gasteiger partial charge in [0.05, 0.1) is 18.2 Å². The number of hydrogen-bond donors (Lipinski definition) is 1. The molecule has 1 N–H and O–H groups in total. The fourth-order valence-electron chi connectivity index (χ4n) is 2.08. The highest BCUT2D eigenvalue weighted by Crippen LogP contribution is 2.27. The number of Topliss-reactive ketones (excluding diaryl/α,β-unsaturated/α-hetero) is 1. The third kappa shape index (κ3) is 2.92. The Morgan fingerprint density at radius 1 is 1.53 bits per heavy atom. The average Bonchev–Trinajstić information content (AvgIpc) is 2.53. The van der Waals surface area contributed by atoms with Crippen LogP contribution in [-0.4, -0.2) is 24.3 Å². The van der Waals surface area contributed by atoms with Crippen molar-refractivity contribution < 1.29 is 18.7 Å². The van der Waals surface area contributed by atoms with Crippen molar-refractivity contribution >= 4 is 11.7 Å². The molecule has 19 heavy (non-hydrogen) atoms. The van der Waals surface area contributed by atoms with Crippen molar-refractivity contribution in [1.82, 2.24) is 5.32 Å². The monoisotopic (exact) mass is 265 g/mol. The summed E-state index contributed by atoms with van der Waals surface area (Å²) in [6.07, 6.45) is 1.44. The molecule has 0 bridgehead atoms. The van der Waals surface area contributed by atoms with E-state index in [4.69, 9.17) is 4.74 Å². The summed E-state index contributed by atoms with van der Waals surface area (Å²) in [5.74, 6) is -1.02. The van der Waals surface area contributed by atoms with Gasteiger partial charge in [-0.15, -0.1) is 0 Å². The second-order valence-corrected chi connectivity index (χ2v) is 4.49. The minimum Gasteiger partial charge on any atom is -0.490 e. The van der Waals surface area contributed by atoms with Crippen LogP contribution in [0.25, 0.3) is 0 Å². The van der Waals surface area contributed by atoms with Gasteiger partial charge in [0.2, 0.25) is 5.91 Å². The molecule has 0 saturated heterocycles. The molecule has 1 unspecified atom stereocenters. The minimum atomic E-state index is -0.637. The lowest BCUT2D eigenvalue weighted by Gasteiger charge is -2.14. The molecule has 0 fully saturated rings. The van der Waals surface area contributed by atoms with Gasteiger partial charge < -0.3 is 10.1 Å². The second-order valence-electron chi connectivity index (χ2n) is 4.49. The molecule has 1 heterocycles. The minimum absolute atomic E-state index is 0.0141. The first-order chi connectivity index (χ1) is 9.13. The summed E-state index contributed by atoms with van der Waals surface area (Å²) in [5.41, 5.74) is 0.194. The van der Waals surface area contributed by atoms with Crippen LogP contribution in [0.4, 0.5) is 4.39 Å². The maximum Gasteiger partial charge on any atom is 0.220 e. The maximum atomic E-state index is 13.6. The summed E-state index contributed by atoms with van der Waals surface area (Å²) in [6.45, 7) is 2.10. The summed E-state index contributed by atoms with van der Waals surface area (Å²) in [6, 6.07) is 3.60. The summed E-state index contributed by atoms with van der Waals surface area (Å²) in [5, 5.41) is 2.68. The highest BCUT2D eigenvalue weighted by molar-refractivity contribution is 6.04. The van der Waals surface area contributed by atoms with Crippen molar-refractivity contribution in [2.75, 3.05) is 6.61 Å². The molecular formula is C14H16FNO3. The molecule has 1 amide bonds. The Bertz CT molecular complexity index is 501. The van der Waals surface area contributed by atoms with Gasteiger partial charge in [0, 0.05) is 12.8 Å². The number of ketones is 1. The summed E-state index contributed by atoms with van der Waals surface area (Å²) in [4.78, 5) is 23.8. The molecule has 0 spiro atoms. The average molecular weight is 265 g/mol. The quantitative estimate of drug-likeness (QED) is 0.910. The smallest absolute Gasteiger partial charge is 0.220 e. The summed E-state index contributed by atoms with van der Waals surface area (Å²) < 4.78 is 18.8. The van der Waals surface area contributed by atoms with E-state index in [1.165, 1.54) is 18.2 Å². The van der Waals surface area contributed by atoms with Crippen LogP contribution in [0.2, 0.25) is 0 Å². The number of nitrogens with one attached hydrogen (secondary N) is 1. The third-order valence-corrected chi connectivity index (χ3v) is 3.01. The molecule has 0 aliphatic carbocycles. The highest BCUT2D eigenvalue weighted by atomic mass is 19.1. The van der Waals surface area contributed by atoms with Crippen LogP contribution in [0.15, 0.2) is 18.2 Å². The molecule has 1 aliphatic rings. The normalized spacial score (nSPS) is 18.2. The van der Waals surface area contributed by atoms with Gasteiger partial charge in [-0.05, 0) is 18.6 Å². The van der Waals surface area contributed by atoms with E-state index in [0.717, 1.165) is 0 Å². The van der Waals surface area contributed by atoms with Crippen molar-refractivity contribution in [3.05, 3.63) is 29.6 Å². The van der Waals surface area contributed by atoms with Gasteiger partial charge in [0.15, 0.2) is 17.3 Å². The molecule has 0 radical (unpaired) electrons. The Morgan fingerprint density at radius 2 is 2.32 bits per heavy atom. The van der Waals surface area contributed by atoms with Crippen LogP contribution in [0, 0.1) is 5.82 Å². The standard InChI is InChI=1S/C14H16FNO3/c1-2-4-12(17)16-11-7-8-19-14-9(13(11)18)5-3-6-10(14)15/h3,5-6,11H,2,4,7-8H2,1H3,(H,16,17). The second kappa shape index (κ2) is 5.82. The molecule has 5 heteroatoms. The van der Waals surface area contributed by atoms with Gasteiger partial charge in [0.25, 0.3) is 0 Å². The first-order valence-electron chi connectivity index (χ1n) is 6.38. The summed E-state index contributed by atoms with van der Waals surface area (Å²) in [7, 11) is 0. The van der Waals surface area contributed by atoms with Gasteiger partial charge in [0.1, 0.15) is 0 Å². The number of halogens is 1. The van der Waals surface area contributed by atoms with Gasteiger partial charge >= 0.3 is 0 Å². The Hall–Kier alpha value is -1.91. The molecular weight excluding hydrogens is 249 g/mol. The number of fused-ring (bicyclic) bond motifs is 1. The first kappa shape index (κ1) is 13.5. The predicted molar refractivity (Wildman–Crippen MR) is 67.7 cm³/mol. The fourth-order valence-corrected chi connectivity index (χ4v) is 2.08. The van der Waals surface area contributed by atoms with Crippen molar-refractivity contribution in [3.8, 4) is 5.75 Å². The molecule has 1 aromatic carbocycles. The van der Waals surface area contributed by atoms with Crippen LogP contribution >= 0.6 is 0 Å². The van der Waals surface area contributed by atoms with Gasteiger partial charge in [-0.25, -0.2) is 4.39 Å². The van der Waals surface area contributed by atoms with Crippen molar-refractivity contribution in [2.24, 2.45) is 0 Å². The predicted octanol–water partition coefficient (Wildman–Crippen LogP) is 2.08. The number of benzene rings is 1. The van der Waals surface area contributed by atoms with E-state index < -0.39 is 11.9 Å². The summed E-state index contributed by atoms with van der Waals surface area (Å²) >= 11 is 0. The number of carbonyl (C=O) groups is 2. The maximum absolute atomic E-state index is 13.6. The van der Waals surface area contributed by atoms with E-state index in [1.807, 2.05) is 6.92 Å². The number of carbonyl (C=O) groups excluding carboxylic acids is 2. The molecule has 1 atom stereocenters. The lowest BCUT2D eigenvalue weighted by molar-refractivity contribution is -0.121. The van der Waals surface area contributed by atoms with E-state index in [-0.39, 0.29) is 29.6 Å². The first-order valence-corrected chi connectivity index (χ1v) is 6.38. The number of ether oxygens (including phenoxy) is 1. The largest absolute Gasteiger partial charge is 0.490 e. The van der Waals surface area contributed by atoms with E-state index in [2.05, 4.69) is 5.32 Å². The molecule has 102 valence electrons. The van der Waals surface area contributed by atoms with E-state index in [9.17, 15) is 14.0 Å². The Kier molecular flexibility index (Phi) is 4.14. The molecule has 1 aromatic rings. The topological polar surface area (TPSA) is 55.4 Å². The Labute approximate surface area is 110 Å². The van der Waals surface area contributed by atoms with E-state index in [0.29, 0.717) is 19.3 Å². The zero-order chi connectivity index (χ0) is 13.8. The number of para-hydroxylation sites is 1. The van der Waals surface area contributed by atoms with Crippen LogP contribution in [-0.2, 0) is 4.79 Å². The van der Waals surface area contributed by atoms with Gasteiger partial charge in [-0.2, -0.15) is 0 Å². The van der Waals surface area contributed by atoms with Gasteiger partial charge in [-0.1, -0.05) is 13.0 Å². The third-order valence-electron chi connectivity index (χ3n) is 3.01. The van der Waals surface area contributed by atoms with Crippen LogP contribution in [0.3, 0.4) is 0 Å². The lowest BCUT2D eigenvalue weighted by Crippen LogP contribution is -2.40. The van der Waals surface area contributed by atoms with Crippen molar-refractivity contribution in [3.63, 3.8) is 0 Å².